The molecule has 1 unspecified atom stereocenters. The van der Waals surface area contributed by atoms with Gasteiger partial charge in [-0.05, 0) is 32.1 Å². The predicted molar refractivity (Wildman–Crippen MR) is 61.7 cm³/mol. The number of nitrogens with one attached hydrogen (secondary N) is 1. The third kappa shape index (κ3) is 5.79. The minimum atomic E-state index is -3.16. The standard InChI is InChI=1S/C10H21NO4S/c12-7-1-2-9-16(13,14)11-6-5-10-4-3-8-15-10/h10-12H,1-9H2. The monoisotopic (exact) mass is 251 g/mol. The molecular weight excluding hydrogens is 230 g/mol. The molecule has 1 heterocycles. The molecule has 2 N–H and O–H groups in total. The molecule has 0 radical (unpaired) electrons. The van der Waals surface area contributed by atoms with E-state index in [1.54, 1.807) is 0 Å². The van der Waals surface area contributed by atoms with Gasteiger partial charge in [-0.15, -0.1) is 0 Å². The van der Waals surface area contributed by atoms with E-state index in [0.717, 1.165) is 25.9 Å². The quantitative estimate of drug-likeness (QED) is 0.606. The van der Waals surface area contributed by atoms with Crippen molar-refractivity contribution in [3.63, 3.8) is 0 Å². The summed E-state index contributed by atoms with van der Waals surface area (Å²) in [5, 5.41) is 8.55. The molecule has 1 rings (SSSR count). The smallest absolute Gasteiger partial charge is 0.211 e. The first-order valence-electron chi connectivity index (χ1n) is 5.84. The molecule has 16 heavy (non-hydrogen) atoms. The van der Waals surface area contributed by atoms with E-state index in [1.165, 1.54) is 0 Å². The second-order valence-corrected chi connectivity index (χ2v) is 5.99. The summed E-state index contributed by atoms with van der Waals surface area (Å²) >= 11 is 0. The summed E-state index contributed by atoms with van der Waals surface area (Å²) in [7, 11) is -3.16. The molecule has 0 aromatic carbocycles. The van der Waals surface area contributed by atoms with E-state index in [-0.39, 0.29) is 18.5 Å². The Morgan fingerprint density at radius 3 is 2.81 bits per heavy atom. The topological polar surface area (TPSA) is 75.6 Å². The van der Waals surface area contributed by atoms with Crippen LogP contribution in [0.3, 0.4) is 0 Å². The van der Waals surface area contributed by atoms with Crippen LogP contribution < -0.4 is 4.72 Å². The van der Waals surface area contributed by atoms with Crippen molar-refractivity contribution >= 4 is 10.0 Å². The lowest BCUT2D eigenvalue weighted by molar-refractivity contribution is 0.105. The first kappa shape index (κ1) is 13.9. The molecule has 6 heteroatoms. The van der Waals surface area contributed by atoms with E-state index in [2.05, 4.69) is 4.72 Å². The molecule has 0 saturated carbocycles. The summed E-state index contributed by atoms with van der Waals surface area (Å²) in [6, 6.07) is 0. The second-order valence-electron chi connectivity index (χ2n) is 4.07. The van der Waals surface area contributed by atoms with Gasteiger partial charge in [0.25, 0.3) is 0 Å². The highest BCUT2D eigenvalue weighted by Crippen LogP contribution is 2.14. The average molecular weight is 251 g/mol. The minimum Gasteiger partial charge on any atom is -0.396 e. The van der Waals surface area contributed by atoms with Crippen molar-refractivity contribution in [1.82, 2.24) is 4.72 Å². The summed E-state index contributed by atoms with van der Waals surface area (Å²) in [5.74, 6) is 0.0963. The summed E-state index contributed by atoms with van der Waals surface area (Å²) in [6.45, 7) is 1.30. The summed E-state index contributed by atoms with van der Waals surface area (Å²) in [6.07, 6.45) is 4.12. The van der Waals surface area contributed by atoms with Crippen LogP contribution in [0.1, 0.15) is 32.1 Å². The Hall–Kier alpha value is -0.170. The van der Waals surface area contributed by atoms with E-state index >= 15 is 0 Å². The van der Waals surface area contributed by atoms with Gasteiger partial charge in [-0.2, -0.15) is 0 Å². The van der Waals surface area contributed by atoms with Crippen LogP contribution in [-0.2, 0) is 14.8 Å². The van der Waals surface area contributed by atoms with Crippen LogP contribution in [-0.4, -0.2) is 45.1 Å². The van der Waals surface area contributed by atoms with Crippen molar-refractivity contribution in [2.45, 2.75) is 38.2 Å². The zero-order valence-corrected chi connectivity index (χ0v) is 10.3. The number of hydrogen-bond donors (Lipinski definition) is 2. The number of rotatable bonds is 8. The lowest BCUT2D eigenvalue weighted by Gasteiger charge is -2.10. The van der Waals surface area contributed by atoms with Crippen LogP contribution in [0.15, 0.2) is 0 Å². The molecule has 1 fully saturated rings. The van der Waals surface area contributed by atoms with Crippen LogP contribution in [0.25, 0.3) is 0 Å². The van der Waals surface area contributed by atoms with Crippen LogP contribution in [0.2, 0.25) is 0 Å². The molecule has 0 aromatic heterocycles. The predicted octanol–water partition coefficient (Wildman–Crippen LogP) is 0.247. The molecular formula is C10H21NO4S. The van der Waals surface area contributed by atoms with Crippen molar-refractivity contribution < 1.29 is 18.3 Å². The van der Waals surface area contributed by atoms with Gasteiger partial charge in [0.05, 0.1) is 11.9 Å². The molecule has 1 saturated heterocycles. The molecule has 0 spiro atoms. The van der Waals surface area contributed by atoms with E-state index in [1.807, 2.05) is 0 Å². The maximum absolute atomic E-state index is 11.4. The third-order valence-corrected chi connectivity index (χ3v) is 4.10. The Bertz CT molecular complexity index is 273. The van der Waals surface area contributed by atoms with Crippen molar-refractivity contribution in [2.24, 2.45) is 0 Å². The molecule has 0 bridgehead atoms. The third-order valence-electron chi connectivity index (χ3n) is 2.63. The average Bonchev–Trinajstić information content (AvgIpc) is 2.70. The second kappa shape index (κ2) is 7.21. The van der Waals surface area contributed by atoms with E-state index in [9.17, 15) is 8.42 Å². The van der Waals surface area contributed by atoms with Crippen molar-refractivity contribution in [1.29, 1.82) is 0 Å². The fourth-order valence-electron chi connectivity index (χ4n) is 1.72. The number of aliphatic hydroxyl groups excluding tert-OH is 1. The highest BCUT2D eigenvalue weighted by molar-refractivity contribution is 7.89. The van der Waals surface area contributed by atoms with Gasteiger partial charge in [-0.3, -0.25) is 0 Å². The van der Waals surface area contributed by atoms with E-state index < -0.39 is 10.0 Å². The van der Waals surface area contributed by atoms with Crippen molar-refractivity contribution in [3.8, 4) is 0 Å². The minimum absolute atomic E-state index is 0.0471. The van der Waals surface area contributed by atoms with Gasteiger partial charge in [0.2, 0.25) is 10.0 Å². The van der Waals surface area contributed by atoms with Gasteiger partial charge in [0.15, 0.2) is 0 Å². The number of unbranched alkanes of at least 4 members (excludes halogenated alkanes) is 1. The highest BCUT2D eigenvalue weighted by atomic mass is 32.2. The largest absolute Gasteiger partial charge is 0.396 e. The zero-order valence-electron chi connectivity index (χ0n) is 9.52. The lowest BCUT2D eigenvalue weighted by atomic mass is 10.2. The Labute approximate surface area is 97.2 Å². The summed E-state index contributed by atoms with van der Waals surface area (Å²) < 4.78 is 30.8. The SMILES string of the molecule is O=S(=O)(CCCCO)NCCC1CCCO1. The van der Waals surface area contributed by atoms with Gasteiger partial charge in [-0.1, -0.05) is 0 Å². The Morgan fingerprint density at radius 1 is 1.38 bits per heavy atom. The van der Waals surface area contributed by atoms with Gasteiger partial charge in [-0.25, -0.2) is 13.1 Å². The normalized spacial score (nSPS) is 21.4. The summed E-state index contributed by atoms with van der Waals surface area (Å²) in [5.41, 5.74) is 0. The van der Waals surface area contributed by atoms with Crippen molar-refractivity contribution in [2.75, 3.05) is 25.5 Å². The van der Waals surface area contributed by atoms with Crippen LogP contribution >= 0.6 is 0 Å². The maximum Gasteiger partial charge on any atom is 0.211 e. The van der Waals surface area contributed by atoms with E-state index in [0.29, 0.717) is 19.4 Å². The first-order valence-corrected chi connectivity index (χ1v) is 7.49. The maximum atomic E-state index is 11.4. The highest BCUT2D eigenvalue weighted by Gasteiger charge is 2.16. The molecule has 5 nitrogen and oxygen atoms in total. The van der Waals surface area contributed by atoms with Crippen LogP contribution in [0.4, 0.5) is 0 Å². The van der Waals surface area contributed by atoms with Crippen LogP contribution in [0.5, 0.6) is 0 Å². The fourth-order valence-corrected chi connectivity index (χ4v) is 2.88. The molecule has 96 valence electrons. The molecule has 0 aliphatic carbocycles. The lowest BCUT2D eigenvalue weighted by Crippen LogP contribution is -2.29. The van der Waals surface area contributed by atoms with Gasteiger partial charge >= 0.3 is 0 Å². The zero-order chi connectivity index (χ0) is 11.9. The summed E-state index contributed by atoms with van der Waals surface area (Å²) in [4.78, 5) is 0. The van der Waals surface area contributed by atoms with Crippen LogP contribution in [0, 0.1) is 0 Å². The molecule has 0 aromatic rings. The Morgan fingerprint density at radius 2 is 2.19 bits per heavy atom. The number of hydrogen-bond acceptors (Lipinski definition) is 4. The first-order chi connectivity index (χ1) is 7.64. The molecule has 1 aliphatic rings. The van der Waals surface area contributed by atoms with E-state index in [4.69, 9.17) is 9.84 Å². The number of aliphatic hydroxyl groups is 1. The molecule has 0 amide bonds. The fraction of sp³-hybridized carbons (Fsp3) is 1.00. The van der Waals surface area contributed by atoms with Gasteiger partial charge in [0.1, 0.15) is 0 Å². The Kier molecular flexibility index (Phi) is 6.26. The van der Waals surface area contributed by atoms with Gasteiger partial charge < -0.3 is 9.84 Å². The molecule has 1 aliphatic heterocycles. The number of ether oxygens (including phenoxy) is 1. The number of sulfonamides is 1. The van der Waals surface area contributed by atoms with Crippen molar-refractivity contribution in [3.05, 3.63) is 0 Å². The van der Waals surface area contributed by atoms with Gasteiger partial charge in [0, 0.05) is 19.8 Å². The Balaban J connectivity index is 2.09. The molecule has 1 atom stereocenters.